The summed E-state index contributed by atoms with van der Waals surface area (Å²) in [6.07, 6.45) is 3.94. The number of hydrogen-bond donors (Lipinski definition) is 1. The number of aromatic nitrogens is 2. The molecule has 1 aromatic carbocycles. The summed E-state index contributed by atoms with van der Waals surface area (Å²) in [6.45, 7) is 1.68. The number of aliphatic hydroxyl groups excluding tert-OH is 1. The number of likely N-dealkylation sites (tertiary alicyclic amines) is 1. The second-order valence-corrected chi connectivity index (χ2v) is 6.26. The van der Waals surface area contributed by atoms with Crippen LogP contribution in [0.3, 0.4) is 0 Å². The lowest BCUT2D eigenvalue weighted by Gasteiger charge is -2.33. The maximum Gasteiger partial charge on any atom is 0.131 e. The Morgan fingerprint density at radius 1 is 1.26 bits per heavy atom. The van der Waals surface area contributed by atoms with Crippen molar-refractivity contribution in [3.8, 4) is 0 Å². The van der Waals surface area contributed by atoms with Crippen LogP contribution >= 0.6 is 11.6 Å². The van der Waals surface area contributed by atoms with E-state index in [1.807, 2.05) is 9.58 Å². The zero-order chi connectivity index (χ0) is 16.4. The number of piperidine rings is 1. The highest BCUT2D eigenvalue weighted by Gasteiger charge is 2.25. The number of benzene rings is 1. The number of rotatable bonds is 4. The molecule has 124 valence electrons. The van der Waals surface area contributed by atoms with E-state index < -0.39 is 17.7 Å². The maximum atomic E-state index is 13.7. The highest BCUT2D eigenvalue weighted by atomic mass is 35.5. The number of β-amino-alcohol motifs (C(OH)–C–C–N with tert-alkyl or cyclic N) is 1. The van der Waals surface area contributed by atoms with E-state index >= 15 is 0 Å². The van der Waals surface area contributed by atoms with Crippen LogP contribution in [0.1, 0.15) is 30.6 Å². The molecule has 4 nitrogen and oxygen atoms in total. The molecule has 0 saturated carbocycles. The van der Waals surface area contributed by atoms with E-state index in [9.17, 15) is 13.9 Å². The van der Waals surface area contributed by atoms with Crippen LogP contribution in [0.2, 0.25) is 5.02 Å². The van der Waals surface area contributed by atoms with E-state index in [0.29, 0.717) is 5.02 Å². The van der Waals surface area contributed by atoms with Crippen molar-refractivity contribution in [2.24, 2.45) is 0 Å². The summed E-state index contributed by atoms with van der Waals surface area (Å²) in [7, 11) is 0. The molecule has 1 aliphatic heterocycles. The molecular weight excluding hydrogens is 324 g/mol. The van der Waals surface area contributed by atoms with Crippen LogP contribution in [-0.4, -0.2) is 39.4 Å². The van der Waals surface area contributed by atoms with Gasteiger partial charge in [-0.25, -0.2) is 8.78 Å². The van der Waals surface area contributed by atoms with E-state index in [0.717, 1.165) is 38.1 Å². The van der Waals surface area contributed by atoms with Crippen LogP contribution in [0.25, 0.3) is 0 Å². The van der Waals surface area contributed by atoms with Crippen LogP contribution < -0.4 is 0 Å². The average molecular weight is 342 g/mol. The summed E-state index contributed by atoms with van der Waals surface area (Å²) in [5.41, 5.74) is -0.256. The summed E-state index contributed by atoms with van der Waals surface area (Å²) in [5, 5.41) is 15.0. The van der Waals surface area contributed by atoms with Gasteiger partial charge in [0.2, 0.25) is 0 Å². The minimum atomic E-state index is -1.17. The molecule has 7 heteroatoms. The zero-order valence-electron chi connectivity index (χ0n) is 12.5. The number of hydrogen-bond acceptors (Lipinski definition) is 3. The van der Waals surface area contributed by atoms with Crippen molar-refractivity contribution in [1.29, 1.82) is 0 Å². The second kappa shape index (κ2) is 6.95. The standard InChI is InChI=1S/C16H18ClF2N3O/c17-11-8-20-22(9-11)12-4-6-21(7-5-12)10-15(23)16-13(18)2-1-3-14(16)19/h1-3,8-9,12,15,23H,4-7,10H2. The molecule has 2 aromatic rings. The number of nitrogens with zero attached hydrogens (tertiary/aromatic N) is 3. The van der Waals surface area contributed by atoms with Crippen molar-refractivity contribution in [1.82, 2.24) is 14.7 Å². The Labute approximate surface area is 138 Å². The number of halogens is 3. The Morgan fingerprint density at radius 2 is 1.91 bits per heavy atom. The van der Waals surface area contributed by atoms with Crippen LogP contribution in [0.5, 0.6) is 0 Å². The molecule has 1 aliphatic rings. The van der Waals surface area contributed by atoms with Gasteiger partial charge in [0.15, 0.2) is 0 Å². The largest absolute Gasteiger partial charge is 0.387 e. The molecule has 1 N–H and O–H groups in total. The molecular formula is C16H18ClF2N3O. The van der Waals surface area contributed by atoms with Crippen molar-refractivity contribution in [2.75, 3.05) is 19.6 Å². The third-order valence-electron chi connectivity index (χ3n) is 4.27. The topological polar surface area (TPSA) is 41.3 Å². The lowest BCUT2D eigenvalue weighted by atomic mass is 10.0. The lowest BCUT2D eigenvalue weighted by molar-refractivity contribution is 0.0843. The van der Waals surface area contributed by atoms with Gasteiger partial charge >= 0.3 is 0 Å². The van der Waals surface area contributed by atoms with E-state index in [1.54, 1.807) is 12.4 Å². The highest BCUT2D eigenvalue weighted by Crippen LogP contribution is 2.26. The van der Waals surface area contributed by atoms with Crippen molar-refractivity contribution in [3.63, 3.8) is 0 Å². The molecule has 2 heterocycles. The molecule has 0 amide bonds. The monoisotopic (exact) mass is 341 g/mol. The Bertz CT molecular complexity index is 651. The summed E-state index contributed by atoms with van der Waals surface area (Å²) < 4.78 is 29.3. The molecule has 1 atom stereocenters. The molecule has 1 saturated heterocycles. The van der Waals surface area contributed by atoms with Crippen LogP contribution in [-0.2, 0) is 0 Å². The van der Waals surface area contributed by atoms with Crippen molar-refractivity contribution < 1.29 is 13.9 Å². The fourth-order valence-electron chi connectivity index (χ4n) is 3.05. The molecule has 1 aromatic heterocycles. The molecule has 23 heavy (non-hydrogen) atoms. The molecule has 0 spiro atoms. The normalized spacial score (nSPS) is 18.3. The summed E-state index contributed by atoms with van der Waals surface area (Å²) in [5.74, 6) is -1.42. The fraction of sp³-hybridized carbons (Fsp3) is 0.438. The summed E-state index contributed by atoms with van der Waals surface area (Å²) in [4.78, 5) is 2.01. The van der Waals surface area contributed by atoms with Gasteiger partial charge in [0.05, 0.1) is 28.9 Å². The molecule has 1 fully saturated rings. The SMILES string of the molecule is OC(CN1CCC(n2cc(Cl)cn2)CC1)c1c(F)cccc1F. The van der Waals surface area contributed by atoms with Gasteiger partial charge in [0.25, 0.3) is 0 Å². The van der Waals surface area contributed by atoms with Gasteiger partial charge in [-0.15, -0.1) is 0 Å². The van der Waals surface area contributed by atoms with E-state index in [2.05, 4.69) is 5.10 Å². The summed E-state index contributed by atoms with van der Waals surface area (Å²) >= 11 is 5.88. The molecule has 0 radical (unpaired) electrons. The Hall–Kier alpha value is -1.50. The third kappa shape index (κ3) is 3.71. The van der Waals surface area contributed by atoms with Crippen molar-refractivity contribution in [3.05, 3.63) is 52.8 Å². The predicted molar refractivity (Wildman–Crippen MR) is 83.3 cm³/mol. The van der Waals surface area contributed by atoms with Gasteiger partial charge in [-0.05, 0) is 25.0 Å². The van der Waals surface area contributed by atoms with Gasteiger partial charge in [-0.2, -0.15) is 5.10 Å². The van der Waals surface area contributed by atoms with Gasteiger partial charge in [-0.3, -0.25) is 4.68 Å². The number of aliphatic hydroxyl groups is 1. The first-order chi connectivity index (χ1) is 11.0. The summed E-state index contributed by atoms with van der Waals surface area (Å²) in [6, 6.07) is 3.88. The molecule has 1 unspecified atom stereocenters. The first-order valence-corrected chi connectivity index (χ1v) is 7.96. The Kier molecular flexibility index (Phi) is 4.94. The second-order valence-electron chi connectivity index (χ2n) is 5.82. The highest BCUT2D eigenvalue weighted by molar-refractivity contribution is 6.30. The first-order valence-electron chi connectivity index (χ1n) is 7.58. The van der Waals surface area contributed by atoms with E-state index in [4.69, 9.17) is 11.6 Å². The predicted octanol–water partition coefficient (Wildman–Crippen LogP) is 3.19. The third-order valence-corrected chi connectivity index (χ3v) is 4.46. The lowest BCUT2D eigenvalue weighted by Crippen LogP contribution is -2.37. The van der Waals surface area contributed by atoms with Crippen LogP contribution in [0, 0.1) is 11.6 Å². The average Bonchev–Trinajstić information content (AvgIpc) is 2.94. The van der Waals surface area contributed by atoms with Crippen molar-refractivity contribution in [2.45, 2.75) is 25.0 Å². The van der Waals surface area contributed by atoms with Gasteiger partial charge < -0.3 is 10.0 Å². The smallest absolute Gasteiger partial charge is 0.131 e. The zero-order valence-corrected chi connectivity index (χ0v) is 13.3. The molecule has 0 aliphatic carbocycles. The quantitative estimate of drug-likeness (QED) is 0.928. The van der Waals surface area contributed by atoms with Crippen LogP contribution in [0.15, 0.2) is 30.6 Å². The fourth-order valence-corrected chi connectivity index (χ4v) is 3.19. The Morgan fingerprint density at radius 3 is 2.48 bits per heavy atom. The Balaban J connectivity index is 1.58. The van der Waals surface area contributed by atoms with Gasteiger partial charge in [0.1, 0.15) is 11.6 Å². The maximum absolute atomic E-state index is 13.7. The van der Waals surface area contributed by atoms with Gasteiger partial charge in [0, 0.05) is 25.8 Å². The van der Waals surface area contributed by atoms with E-state index in [1.165, 1.54) is 6.07 Å². The first kappa shape index (κ1) is 16.4. The minimum absolute atomic E-state index is 0.213. The van der Waals surface area contributed by atoms with E-state index in [-0.39, 0.29) is 18.2 Å². The molecule has 3 rings (SSSR count). The molecule has 0 bridgehead atoms. The van der Waals surface area contributed by atoms with Gasteiger partial charge in [-0.1, -0.05) is 17.7 Å². The van der Waals surface area contributed by atoms with Crippen molar-refractivity contribution >= 4 is 11.6 Å². The minimum Gasteiger partial charge on any atom is -0.387 e. The van der Waals surface area contributed by atoms with Crippen LogP contribution in [0.4, 0.5) is 8.78 Å².